The maximum Gasteiger partial charge on any atom is 0.308 e. The van der Waals surface area contributed by atoms with Crippen molar-refractivity contribution in [2.24, 2.45) is 0 Å². The lowest BCUT2D eigenvalue weighted by Gasteiger charge is -2.02. The van der Waals surface area contributed by atoms with Crippen LogP contribution in [-0.4, -0.2) is 10.4 Å². The molecule has 0 unspecified atom stereocenters. The Morgan fingerprint density at radius 1 is 1.36 bits per heavy atom. The molecule has 0 radical (unpaired) electrons. The molecule has 0 spiro atoms. The van der Waals surface area contributed by atoms with Crippen molar-refractivity contribution in [2.75, 3.05) is 4.43 Å². The van der Waals surface area contributed by atoms with Crippen molar-refractivity contribution < 1.29 is 9.53 Å². The summed E-state index contributed by atoms with van der Waals surface area (Å²) >= 11 is 2.37. The van der Waals surface area contributed by atoms with Gasteiger partial charge in [-0.15, -0.1) is 0 Å². The fourth-order valence-corrected chi connectivity index (χ4v) is 1.54. The summed E-state index contributed by atoms with van der Waals surface area (Å²) in [5.74, 6) is 0.348. The van der Waals surface area contributed by atoms with Gasteiger partial charge in [0.15, 0.2) is 0 Å². The number of rotatable bonds is 4. The normalized spacial score (nSPS) is 9.86. The fraction of sp³-hybridized carbons (Fsp3) is 0.364. The van der Waals surface area contributed by atoms with Crippen LogP contribution >= 0.6 is 22.6 Å². The SMILES string of the molecule is CC(=O)Oc1ccc(CCCI)cc1. The molecule has 1 rings (SSSR count). The average Bonchev–Trinajstić information content (AvgIpc) is 2.16. The number of carbonyl (C=O) groups excluding carboxylic acids is 1. The third-order valence-electron chi connectivity index (χ3n) is 1.78. The Bertz CT molecular complexity index is 293. The van der Waals surface area contributed by atoms with Crippen LogP contribution in [0.3, 0.4) is 0 Å². The van der Waals surface area contributed by atoms with Crippen LogP contribution in [0.5, 0.6) is 5.75 Å². The first-order valence-corrected chi connectivity index (χ1v) is 6.08. The Labute approximate surface area is 97.8 Å². The number of aryl methyl sites for hydroxylation is 1. The number of ether oxygens (including phenoxy) is 1. The van der Waals surface area contributed by atoms with Gasteiger partial charge >= 0.3 is 5.97 Å². The molecule has 2 nitrogen and oxygen atoms in total. The molecular formula is C11H13IO2. The van der Waals surface area contributed by atoms with Gasteiger partial charge in [0.05, 0.1) is 0 Å². The van der Waals surface area contributed by atoms with Crippen molar-refractivity contribution in [1.82, 2.24) is 0 Å². The highest BCUT2D eigenvalue weighted by Crippen LogP contribution is 2.13. The number of carbonyl (C=O) groups is 1. The summed E-state index contributed by atoms with van der Waals surface area (Å²) in [6.07, 6.45) is 2.27. The van der Waals surface area contributed by atoms with E-state index in [0.29, 0.717) is 5.75 Å². The maximum atomic E-state index is 10.6. The second-order valence-electron chi connectivity index (χ2n) is 3.03. The van der Waals surface area contributed by atoms with Crippen LogP contribution in [0.25, 0.3) is 0 Å². The topological polar surface area (TPSA) is 26.3 Å². The zero-order chi connectivity index (χ0) is 10.4. The molecular weight excluding hydrogens is 291 g/mol. The highest BCUT2D eigenvalue weighted by molar-refractivity contribution is 14.1. The summed E-state index contributed by atoms with van der Waals surface area (Å²) < 4.78 is 6.10. The number of hydrogen-bond donors (Lipinski definition) is 0. The molecule has 1 aromatic carbocycles. The van der Waals surface area contributed by atoms with Crippen molar-refractivity contribution in [1.29, 1.82) is 0 Å². The third kappa shape index (κ3) is 4.09. The molecule has 0 heterocycles. The van der Waals surface area contributed by atoms with Gasteiger partial charge in [-0.3, -0.25) is 4.79 Å². The second-order valence-corrected chi connectivity index (χ2v) is 4.11. The minimum absolute atomic E-state index is 0.273. The number of benzene rings is 1. The number of esters is 1. The van der Waals surface area contributed by atoms with Gasteiger partial charge in [0.25, 0.3) is 0 Å². The molecule has 0 saturated heterocycles. The molecule has 0 bridgehead atoms. The largest absolute Gasteiger partial charge is 0.427 e. The van der Waals surface area contributed by atoms with Crippen molar-refractivity contribution in [3.63, 3.8) is 0 Å². The summed E-state index contributed by atoms with van der Waals surface area (Å²) in [5, 5.41) is 0. The van der Waals surface area contributed by atoms with E-state index in [4.69, 9.17) is 4.74 Å². The van der Waals surface area contributed by atoms with Gasteiger partial charge in [0.1, 0.15) is 5.75 Å². The molecule has 0 N–H and O–H groups in total. The van der Waals surface area contributed by atoms with Gasteiger partial charge in [0.2, 0.25) is 0 Å². The van der Waals surface area contributed by atoms with Crippen LogP contribution in [0.2, 0.25) is 0 Å². The molecule has 0 atom stereocenters. The molecule has 1 aromatic rings. The lowest BCUT2D eigenvalue weighted by atomic mass is 10.1. The lowest BCUT2D eigenvalue weighted by Crippen LogP contribution is -2.01. The maximum absolute atomic E-state index is 10.6. The van der Waals surface area contributed by atoms with Crippen LogP contribution < -0.4 is 4.74 Å². The number of halogens is 1. The molecule has 0 saturated carbocycles. The first kappa shape index (κ1) is 11.5. The smallest absolute Gasteiger partial charge is 0.308 e. The van der Waals surface area contributed by atoms with Crippen LogP contribution in [0.1, 0.15) is 18.9 Å². The Kier molecular flexibility index (Phi) is 4.93. The molecule has 0 amide bonds. The average molecular weight is 304 g/mol. The Balaban J connectivity index is 2.54. The molecule has 14 heavy (non-hydrogen) atoms. The molecule has 3 heteroatoms. The summed E-state index contributed by atoms with van der Waals surface area (Å²) in [4.78, 5) is 10.6. The Hall–Kier alpha value is -0.580. The van der Waals surface area contributed by atoms with Gasteiger partial charge in [-0.2, -0.15) is 0 Å². The van der Waals surface area contributed by atoms with E-state index >= 15 is 0 Å². The van der Waals surface area contributed by atoms with E-state index in [1.165, 1.54) is 23.3 Å². The van der Waals surface area contributed by atoms with E-state index in [0.717, 1.165) is 6.42 Å². The van der Waals surface area contributed by atoms with E-state index in [1.54, 1.807) is 0 Å². The summed E-state index contributed by atoms with van der Waals surface area (Å²) in [5.41, 5.74) is 1.29. The first-order chi connectivity index (χ1) is 6.72. The predicted molar refractivity (Wildman–Crippen MR) is 65.0 cm³/mol. The monoisotopic (exact) mass is 304 g/mol. The van der Waals surface area contributed by atoms with Gasteiger partial charge in [-0.1, -0.05) is 34.7 Å². The van der Waals surface area contributed by atoms with E-state index in [1.807, 2.05) is 24.3 Å². The highest BCUT2D eigenvalue weighted by atomic mass is 127. The highest BCUT2D eigenvalue weighted by Gasteiger charge is 1.97. The number of alkyl halides is 1. The second kappa shape index (κ2) is 6.01. The van der Waals surface area contributed by atoms with E-state index in [2.05, 4.69) is 22.6 Å². The van der Waals surface area contributed by atoms with E-state index in [-0.39, 0.29) is 5.97 Å². The van der Waals surface area contributed by atoms with Crippen LogP contribution in [0, 0.1) is 0 Å². The molecule has 0 aromatic heterocycles. The van der Waals surface area contributed by atoms with Gasteiger partial charge in [-0.05, 0) is 35.0 Å². The zero-order valence-electron chi connectivity index (χ0n) is 8.13. The Morgan fingerprint density at radius 2 is 2.00 bits per heavy atom. The van der Waals surface area contributed by atoms with Crippen LogP contribution in [0.4, 0.5) is 0 Å². The summed E-state index contributed by atoms with van der Waals surface area (Å²) in [6.45, 7) is 1.41. The van der Waals surface area contributed by atoms with Crippen molar-refractivity contribution >= 4 is 28.6 Å². The quantitative estimate of drug-likeness (QED) is 0.370. The minimum Gasteiger partial charge on any atom is -0.427 e. The molecule has 76 valence electrons. The number of hydrogen-bond acceptors (Lipinski definition) is 2. The predicted octanol–water partition coefficient (Wildman–Crippen LogP) is 2.98. The lowest BCUT2D eigenvalue weighted by molar-refractivity contribution is -0.131. The zero-order valence-corrected chi connectivity index (χ0v) is 10.3. The van der Waals surface area contributed by atoms with Crippen molar-refractivity contribution in [3.05, 3.63) is 29.8 Å². The van der Waals surface area contributed by atoms with Gasteiger partial charge in [0, 0.05) is 6.92 Å². The molecule has 0 aliphatic heterocycles. The van der Waals surface area contributed by atoms with E-state index in [9.17, 15) is 4.79 Å². The van der Waals surface area contributed by atoms with Gasteiger partial charge < -0.3 is 4.74 Å². The summed E-state index contributed by atoms with van der Waals surface area (Å²) in [6, 6.07) is 7.68. The van der Waals surface area contributed by atoms with Crippen molar-refractivity contribution in [2.45, 2.75) is 19.8 Å². The fourth-order valence-electron chi connectivity index (χ4n) is 1.16. The summed E-state index contributed by atoms with van der Waals surface area (Å²) in [7, 11) is 0. The Morgan fingerprint density at radius 3 is 2.50 bits per heavy atom. The molecule has 0 aliphatic rings. The van der Waals surface area contributed by atoms with Crippen LogP contribution in [0.15, 0.2) is 24.3 Å². The minimum atomic E-state index is -0.273. The molecule has 0 aliphatic carbocycles. The molecule has 0 fully saturated rings. The van der Waals surface area contributed by atoms with Crippen molar-refractivity contribution in [3.8, 4) is 5.75 Å². The van der Waals surface area contributed by atoms with Crippen LogP contribution in [-0.2, 0) is 11.2 Å². The third-order valence-corrected chi connectivity index (χ3v) is 2.55. The van der Waals surface area contributed by atoms with E-state index < -0.39 is 0 Å². The standard InChI is InChI=1S/C11H13IO2/c1-9(13)14-11-6-4-10(5-7-11)3-2-8-12/h4-7H,2-3,8H2,1H3. The first-order valence-electron chi connectivity index (χ1n) is 4.55. The van der Waals surface area contributed by atoms with Gasteiger partial charge in [-0.25, -0.2) is 0 Å².